The molecule has 0 fully saturated rings. The van der Waals surface area contributed by atoms with Gasteiger partial charge in [0.15, 0.2) is 15.8 Å². The highest BCUT2D eigenvalue weighted by molar-refractivity contribution is 8.01. The van der Waals surface area contributed by atoms with Crippen LogP contribution in [0.3, 0.4) is 0 Å². The lowest BCUT2D eigenvalue weighted by Crippen LogP contribution is -2.17. The van der Waals surface area contributed by atoms with Crippen LogP contribution in [0.15, 0.2) is 46.8 Å². The van der Waals surface area contributed by atoms with Crippen LogP contribution in [0.25, 0.3) is 0 Å². The minimum absolute atomic E-state index is 0.0226. The summed E-state index contributed by atoms with van der Waals surface area (Å²) in [6.07, 6.45) is 0. The standard InChI is InChI=1S/C23H24N4O4S2/c1-23(2,3)15-6-4-14(5-7-15)20(29)25-21-26-27-22(33-21)32-13-19(28)24-16-8-9-17-18(12-16)31-11-10-30-17/h4-9,12H,10-11,13H2,1-3H3,(H,24,28)(H,25,26,29). The maximum atomic E-state index is 12.5. The molecule has 172 valence electrons. The van der Waals surface area contributed by atoms with Crippen molar-refractivity contribution >= 4 is 45.7 Å². The molecule has 33 heavy (non-hydrogen) atoms. The summed E-state index contributed by atoms with van der Waals surface area (Å²) in [6.45, 7) is 7.37. The summed E-state index contributed by atoms with van der Waals surface area (Å²) in [5, 5.41) is 14.0. The van der Waals surface area contributed by atoms with E-state index in [4.69, 9.17) is 9.47 Å². The Labute approximate surface area is 200 Å². The molecule has 1 aliphatic rings. The molecular weight excluding hydrogens is 460 g/mol. The molecule has 0 radical (unpaired) electrons. The van der Waals surface area contributed by atoms with Crippen molar-refractivity contribution in [2.45, 2.75) is 30.5 Å². The van der Waals surface area contributed by atoms with Crippen LogP contribution < -0.4 is 20.1 Å². The van der Waals surface area contributed by atoms with E-state index >= 15 is 0 Å². The summed E-state index contributed by atoms with van der Waals surface area (Å²) in [6, 6.07) is 12.8. The Balaban J connectivity index is 1.28. The number of nitrogens with zero attached hydrogens (tertiary/aromatic N) is 2. The van der Waals surface area contributed by atoms with Gasteiger partial charge in [0, 0.05) is 17.3 Å². The molecule has 2 amide bonds. The SMILES string of the molecule is CC(C)(C)c1ccc(C(=O)Nc2nnc(SCC(=O)Nc3ccc4c(c3)OCCO4)s2)cc1. The zero-order chi connectivity index (χ0) is 23.4. The van der Waals surface area contributed by atoms with Gasteiger partial charge in [0.05, 0.1) is 5.75 Å². The van der Waals surface area contributed by atoms with Crippen LogP contribution >= 0.6 is 23.1 Å². The number of anilines is 2. The molecule has 10 heteroatoms. The van der Waals surface area contributed by atoms with Crippen molar-refractivity contribution in [3.8, 4) is 11.5 Å². The van der Waals surface area contributed by atoms with E-state index in [0.29, 0.717) is 45.4 Å². The molecule has 4 rings (SSSR count). The number of fused-ring (bicyclic) bond motifs is 1. The minimum atomic E-state index is -0.250. The molecule has 2 heterocycles. The van der Waals surface area contributed by atoms with E-state index in [1.165, 1.54) is 23.1 Å². The van der Waals surface area contributed by atoms with Gasteiger partial charge >= 0.3 is 0 Å². The largest absolute Gasteiger partial charge is 0.486 e. The quantitative estimate of drug-likeness (QED) is 0.390. The lowest BCUT2D eigenvalue weighted by atomic mass is 9.87. The summed E-state index contributed by atoms with van der Waals surface area (Å²) in [5.41, 5.74) is 2.36. The summed E-state index contributed by atoms with van der Waals surface area (Å²) in [5.74, 6) is 1.01. The number of rotatable bonds is 6. The van der Waals surface area contributed by atoms with Gasteiger partial charge in [-0.15, -0.1) is 10.2 Å². The van der Waals surface area contributed by atoms with Crippen LogP contribution in [0.5, 0.6) is 11.5 Å². The van der Waals surface area contributed by atoms with Crippen LogP contribution in [0.1, 0.15) is 36.7 Å². The maximum Gasteiger partial charge on any atom is 0.257 e. The maximum absolute atomic E-state index is 12.5. The Bertz CT molecular complexity index is 1160. The second-order valence-corrected chi connectivity index (χ2v) is 10.5. The Morgan fingerprint density at radius 1 is 1.00 bits per heavy atom. The van der Waals surface area contributed by atoms with Crippen molar-refractivity contribution in [1.29, 1.82) is 0 Å². The van der Waals surface area contributed by atoms with Crippen molar-refractivity contribution in [3.05, 3.63) is 53.6 Å². The predicted molar refractivity (Wildman–Crippen MR) is 130 cm³/mol. The van der Waals surface area contributed by atoms with E-state index in [1.807, 2.05) is 12.1 Å². The molecule has 0 spiro atoms. The lowest BCUT2D eigenvalue weighted by Gasteiger charge is -2.18. The second-order valence-electron chi connectivity index (χ2n) is 8.35. The Kier molecular flexibility index (Phi) is 6.85. The van der Waals surface area contributed by atoms with E-state index in [9.17, 15) is 9.59 Å². The summed E-state index contributed by atoms with van der Waals surface area (Å²) >= 11 is 2.47. The number of amides is 2. The van der Waals surface area contributed by atoms with Gasteiger partial charge in [-0.05, 0) is 35.2 Å². The smallest absolute Gasteiger partial charge is 0.257 e. The van der Waals surface area contributed by atoms with Gasteiger partial charge in [-0.2, -0.15) is 0 Å². The number of hydrogen-bond donors (Lipinski definition) is 2. The van der Waals surface area contributed by atoms with E-state index in [-0.39, 0.29) is 23.0 Å². The van der Waals surface area contributed by atoms with E-state index in [2.05, 4.69) is 41.6 Å². The molecule has 2 aromatic carbocycles. The molecule has 1 aliphatic heterocycles. The number of carbonyl (C=O) groups excluding carboxylic acids is 2. The van der Waals surface area contributed by atoms with Gasteiger partial charge in [-0.25, -0.2) is 0 Å². The number of ether oxygens (including phenoxy) is 2. The molecule has 0 saturated carbocycles. The third kappa shape index (κ3) is 6.02. The van der Waals surface area contributed by atoms with Crippen LogP contribution in [-0.2, 0) is 10.2 Å². The number of nitrogens with one attached hydrogen (secondary N) is 2. The van der Waals surface area contributed by atoms with Gasteiger partial charge in [-0.3, -0.25) is 14.9 Å². The molecule has 0 unspecified atom stereocenters. The monoisotopic (exact) mass is 484 g/mol. The first kappa shape index (κ1) is 23.1. The van der Waals surface area contributed by atoms with Gasteiger partial charge < -0.3 is 14.8 Å². The Morgan fingerprint density at radius 3 is 2.45 bits per heavy atom. The lowest BCUT2D eigenvalue weighted by molar-refractivity contribution is -0.113. The highest BCUT2D eigenvalue weighted by Gasteiger charge is 2.16. The van der Waals surface area contributed by atoms with Gasteiger partial charge in [0.1, 0.15) is 13.2 Å². The molecule has 0 saturated heterocycles. The average molecular weight is 485 g/mol. The Morgan fingerprint density at radius 2 is 1.73 bits per heavy atom. The number of thioether (sulfide) groups is 1. The second kappa shape index (κ2) is 9.80. The molecule has 0 atom stereocenters. The highest BCUT2D eigenvalue weighted by Crippen LogP contribution is 2.33. The number of hydrogen-bond acceptors (Lipinski definition) is 8. The number of aromatic nitrogens is 2. The van der Waals surface area contributed by atoms with Gasteiger partial charge in [-0.1, -0.05) is 56.0 Å². The van der Waals surface area contributed by atoms with Crippen molar-refractivity contribution < 1.29 is 19.1 Å². The van der Waals surface area contributed by atoms with Crippen LogP contribution in [0.2, 0.25) is 0 Å². The van der Waals surface area contributed by atoms with E-state index < -0.39 is 0 Å². The third-order valence-electron chi connectivity index (χ3n) is 4.79. The molecule has 0 bridgehead atoms. The number of carbonyl (C=O) groups is 2. The van der Waals surface area contributed by atoms with E-state index in [1.54, 1.807) is 30.3 Å². The molecule has 2 N–H and O–H groups in total. The van der Waals surface area contributed by atoms with Crippen LogP contribution in [0.4, 0.5) is 10.8 Å². The summed E-state index contributed by atoms with van der Waals surface area (Å²) in [7, 11) is 0. The normalized spacial score (nSPS) is 12.8. The fraction of sp³-hybridized carbons (Fsp3) is 0.304. The topological polar surface area (TPSA) is 102 Å². The summed E-state index contributed by atoms with van der Waals surface area (Å²) in [4.78, 5) is 24.8. The van der Waals surface area contributed by atoms with Gasteiger partial charge in [0.25, 0.3) is 5.91 Å². The molecule has 8 nitrogen and oxygen atoms in total. The minimum Gasteiger partial charge on any atom is -0.486 e. The fourth-order valence-corrected chi connectivity index (χ4v) is 4.60. The average Bonchev–Trinajstić information content (AvgIpc) is 3.24. The van der Waals surface area contributed by atoms with Crippen molar-refractivity contribution in [3.63, 3.8) is 0 Å². The first-order chi connectivity index (χ1) is 15.8. The zero-order valence-corrected chi connectivity index (χ0v) is 20.1. The zero-order valence-electron chi connectivity index (χ0n) is 18.5. The molecule has 0 aliphatic carbocycles. The third-order valence-corrected chi connectivity index (χ3v) is 6.76. The molecular formula is C23H24N4O4S2. The van der Waals surface area contributed by atoms with Crippen LogP contribution in [0, 0.1) is 0 Å². The first-order valence-electron chi connectivity index (χ1n) is 10.4. The molecule has 3 aromatic rings. The van der Waals surface area contributed by atoms with Crippen molar-refractivity contribution in [2.75, 3.05) is 29.6 Å². The predicted octanol–water partition coefficient (Wildman–Crippen LogP) is 4.59. The summed E-state index contributed by atoms with van der Waals surface area (Å²) < 4.78 is 11.6. The van der Waals surface area contributed by atoms with Crippen LogP contribution in [-0.4, -0.2) is 41.0 Å². The first-order valence-corrected chi connectivity index (χ1v) is 12.2. The molecule has 1 aromatic heterocycles. The highest BCUT2D eigenvalue weighted by atomic mass is 32.2. The van der Waals surface area contributed by atoms with Crippen molar-refractivity contribution in [1.82, 2.24) is 10.2 Å². The Hall–Kier alpha value is -3.11. The number of benzene rings is 2. The van der Waals surface area contributed by atoms with E-state index in [0.717, 1.165) is 5.56 Å². The fourth-order valence-electron chi connectivity index (χ4n) is 3.05. The van der Waals surface area contributed by atoms with Crippen molar-refractivity contribution in [2.24, 2.45) is 0 Å². The van der Waals surface area contributed by atoms with Gasteiger partial charge in [0.2, 0.25) is 11.0 Å².